The number of aliphatic carboxylic acids is 2. The monoisotopic (exact) mass is 610 g/mol. The van der Waals surface area contributed by atoms with Gasteiger partial charge in [0.25, 0.3) is 0 Å². The van der Waals surface area contributed by atoms with Gasteiger partial charge in [-0.15, -0.1) is 11.8 Å². The van der Waals surface area contributed by atoms with Gasteiger partial charge in [-0.25, -0.2) is 14.0 Å². The van der Waals surface area contributed by atoms with Gasteiger partial charge in [0.05, 0.1) is 17.5 Å². The summed E-state index contributed by atoms with van der Waals surface area (Å²) >= 11 is 3.65. The number of hydrogen-bond acceptors (Lipinski definition) is 7. The summed E-state index contributed by atoms with van der Waals surface area (Å²) in [6, 6.07) is 21.8. The van der Waals surface area contributed by atoms with Crippen molar-refractivity contribution in [3.05, 3.63) is 90.3 Å². The first-order valence-corrected chi connectivity index (χ1v) is 15.8. The van der Waals surface area contributed by atoms with Gasteiger partial charge >= 0.3 is 11.9 Å². The molecular formula is C32H35FN2O5S2. The summed E-state index contributed by atoms with van der Waals surface area (Å²) < 4.78 is 13.2. The van der Waals surface area contributed by atoms with Gasteiger partial charge in [-0.1, -0.05) is 36.0 Å². The number of halogens is 1. The van der Waals surface area contributed by atoms with E-state index in [9.17, 15) is 19.1 Å². The highest BCUT2D eigenvalue weighted by molar-refractivity contribution is 8.00. The highest BCUT2D eigenvalue weighted by atomic mass is 32.2. The molecule has 0 amide bonds. The average Bonchev–Trinajstić information content (AvgIpc) is 3.00. The van der Waals surface area contributed by atoms with Crippen molar-refractivity contribution in [2.75, 3.05) is 37.3 Å². The number of aliphatic hydroxyl groups is 1. The molecule has 0 radical (unpaired) electrons. The number of hydrogen-bond donors (Lipinski definition) is 3. The van der Waals surface area contributed by atoms with E-state index in [4.69, 9.17) is 10.2 Å². The Hall–Kier alpha value is -3.31. The van der Waals surface area contributed by atoms with Gasteiger partial charge in [0.1, 0.15) is 5.82 Å². The Balaban J connectivity index is 0.000000446. The number of benzene rings is 3. The maximum Gasteiger partial charge on any atom is 0.328 e. The van der Waals surface area contributed by atoms with E-state index in [1.165, 1.54) is 38.2 Å². The number of nitrogens with zero attached hydrogens (tertiary/aromatic N) is 2. The van der Waals surface area contributed by atoms with Crippen molar-refractivity contribution in [1.82, 2.24) is 4.90 Å². The Kier molecular flexibility index (Phi) is 11.5. The van der Waals surface area contributed by atoms with Crippen molar-refractivity contribution < 1.29 is 29.3 Å². The molecule has 2 heterocycles. The van der Waals surface area contributed by atoms with Crippen LogP contribution >= 0.6 is 23.5 Å². The quantitative estimate of drug-likeness (QED) is 0.181. The minimum Gasteiger partial charge on any atom is -0.478 e. The lowest BCUT2D eigenvalue weighted by Crippen LogP contribution is -2.37. The third-order valence-electron chi connectivity index (χ3n) is 7.35. The molecule has 3 aromatic rings. The van der Waals surface area contributed by atoms with E-state index in [2.05, 4.69) is 58.5 Å². The number of likely N-dealkylation sites (tertiary alicyclic amines) is 1. The molecule has 42 heavy (non-hydrogen) atoms. The van der Waals surface area contributed by atoms with Crippen LogP contribution in [0.3, 0.4) is 0 Å². The molecule has 10 heteroatoms. The van der Waals surface area contributed by atoms with Gasteiger partial charge in [-0.3, -0.25) is 0 Å². The zero-order chi connectivity index (χ0) is 30.1. The molecule has 0 spiro atoms. The molecule has 5 rings (SSSR count). The molecule has 2 aliphatic rings. The smallest absolute Gasteiger partial charge is 0.328 e. The molecule has 0 aliphatic carbocycles. The molecule has 7 nitrogen and oxygen atoms in total. The zero-order valence-electron chi connectivity index (χ0n) is 23.4. The molecule has 3 N–H and O–H groups in total. The second-order valence-electron chi connectivity index (χ2n) is 10.1. The third kappa shape index (κ3) is 8.61. The Bertz CT molecular complexity index is 1380. The summed E-state index contributed by atoms with van der Waals surface area (Å²) in [5.74, 6) is -2.53. The second-order valence-corrected chi connectivity index (χ2v) is 12.1. The predicted molar refractivity (Wildman–Crippen MR) is 165 cm³/mol. The molecule has 222 valence electrons. The van der Waals surface area contributed by atoms with Crippen LogP contribution in [-0.4, -0.2) is 64.6 Å². The maximum atomic E-state index is 13.2. The van der Waals surface area contributed by atoms with E-state index in [0.717, 1.165) is 51.0 Å². The number of carboxylic acids is 2. The van der Waals surface area contributed by atoms with Crippen LogP contribution in [0.15, 0.2) is 93.6 Å². The lowest BCUT2D eigenvalue weighted by Gasteiger charge is -2.36. The number of carbonyl (C=O) groups is 2. The van der Waals surface area contributed by atoms with Gasteiger partial charge in [0.2, 0.25) is 0 Å². The first-order valence-electron chi connectivity index (χ1n) is 13.8. The number of rotatable bonds is 9. The summed E-state index contributed by atoms with van der Waals surface area (Å²) in [6.45, 7) is 4.05. The Labute approximate surface area is 254 Å². The summed E-state index contributed by atoms with van der Waals surface area (Å²) in [6.07, 6.45) is 5.78. The minimum absolute atomic E-state index is 0.240. The molecule has 1 atom stereocenters. The van der Waals surface area contributed by atoms with Gasteiger partial charge in [0, 0.05) is 33.4 Å². The van der Waals surface area contributed by atoms with E-state index >= 15 is 0 Å². The second kappa shape index (κ2) is 15.2. The highest BCUT2D eigenvalue weighted by Crippen LogP contribution is 2.49. The lowest BCUT2D eigenvalue weighted by molar-refractivity contribution is -0.134. The molecule has 1 saturated heterocycles. The summed E-state index contributed by atoms with van der Waals surface area (Å²) in [7, 11) is 0. The number of piperidine rings is 1. The summed E-state index contributed by atoms with van der Waals surface area (Å²) in [4.78, 5) is 28.1. The number of aliphatic hydroxyl groups excluding tert-OH is 1. The van der Waals surface area contributed by atoms with Crippen molar-refractivity contribution in [3.63, 3.8) is 0 Å². The lowest BCUT2D eigenvalue weighted by atomic mass is 9.87. The number of anilines is 2. The number of para-hydroxylation sites is 1. The Morgan fingerprint density at radius 1 is 0.952 bits per heavy atom. The topological polar surface area (TPSA) is 101 Å². The SMILES string of the molecule is CSc1ccc2c(c1)N(CCCN1CCC(C(O)c3ccc(F)cc3)CC1)c1ccccc1S2.O=C(O)/C=C/C(=O)O. The molecular weight excluding hydrogens is 575 g/mol. The van der Waals surface area contributed by atoms with Gasteiger partial charge in [0.15, 0.2) is 0 Å². The van der Waals surface area contributed by atoms with Crippen LogP contribution in [-0.2, 0) is 9.59 Å². The highest BCUT2D eigenvalue weighted by Gasteiger charge is 2.27. The number of carboxylic acid groups (broad SMARTS) is 2. The van der Waals surface area contributed by atoms with E-state index in [1.807, 2.05) is 11.8 Å². The van der Waals surface area contributed by atoms with Crippen molar-refractivity contribution in [1.29, 1.82) is 0 Å². The Morgan fingerprint density at radius 3 is 2.24 bits per heavy atom. The van der Waals surface area contributed by atoms with Crippen molar-refractivity contribution in [2.24, 2.45) is 5.92 Å². The van der Waals surface area contributed by atoms with Crippen LogP contribution < -0.4 is 4.90 Å². The van der Waals surface area contributed by atoms with Crippen LogP contribution in [0.25, 0.3) is 0 Å². The molecule has 2 aliphatic heterocycles. The number of fused-ring (bicyclic) bond motifs is 2. The minimum atomic E-state index is -1.26. The van der Waals surface area contributed by atoms with Crippen LogP contribution in [0.2, 0.25) is 0 Å². The maximum absolute atomic E-state index is 13.2. The van der Waals surface area contributed by atoms with Crippen LogP contribution in [0.4, 0.5) is 15.8 Å². The molecule has 0 aromatic heterocycles. The van der Waals surface area contributed by atoms with Crippen LogP contribution in [0, 0.1) is 11.7 Å². The van der Waals surface area contributed by atoms with E-state index in [1.54, 1.807) is 23.9 Å². The predicted octanol–water partition coefficient (Wildman–Crippen LogP) is 6.70. The summed E-state index contributed by atoms with van der Waals surface area (Å²) in [5, 5.41) is 26.4. The third-order valence-corrected chi connectivity index (χ3v) is 9.20. The molecule has 1 unspecified atom stereocenters. The van der Waals surface area contributed by atoms with Crippen molar-refractivity contribution in [2.45, 2.75) is 40.1 Å². The standard InChI is InChI=1S/C28H31FN2OS2.C4H4O4/c1-33-23-11-12-27-25(19-23)31(24-5-2-3-6-26(24)34-27)16-4-15-30-17-13-21(14-18-30)28(32)20-7-9-22(29)10-8-20;5-3(6)1-2-4(7)8/h2-3,5-12,19,21,28,32H,4,13-18H2,1H3;1-2H,(H,5,6)(H,7,8)/b;2-1+. The first kappa shape index (κ1) is 31.6. The molecule has 0 saturated carbocycles. The zero-order valence-corrected chi connectivity index (χ0v) is 25.0. The fraction of sp³-hybridized carbons (Fsp3) is 0.312. The normalized spacial score (nSPS) is 15.8. The first-order chi connectivity index (χ1) is 20.2. The fourth-order valence-corrected chi connectivity index (χ4v) is 6.71. The van der Waals surface area contributed by atoms with Gasteiger partial charge in [-0.2, -0.15) is 0 Å². The van der Waals surface area contributed by atoms with Gasteiger partial charge < -0.3 is 25.1 Å². The molecule has 3 aromatic carbocycles. The van der Waals surface area contributed by atoms with E-state index < -0.39 is 18.0 Å². The van der Waals surface area contributed by atoms with Crippen molar-refractivity contribution in [3.8, 4) is 0 Å². The summed E-state index contributed by atoms with van der Waals surface area (Å²) in [5.41, 5.74) is 3.45. The van der Waals surface area contributed by atoms with Crippen molar-refractivity contribution >= 4 is 46.8 Å². The fourth-order valence-electron chi connectivity index (χ4n) is 5.20. The molecule has 1 fully saturated rings. The molecule has 0 bridgehead atoms. The van der Waals surface area contributed by atoms with E-state index in [0.29, 0.717) is 12.2 Å². The Morgan fingerprint density at radius 2 is 1.60 bits per heavy atom. The average molecular weight is 611 g/mol. The van der Waals surface area contributed by atoms with Crippen LogP contribution in [0.5, 0.6) is 0 Å². The largest absolute Gasteiger partial charge is 0.478 e. The van der Waals surface area contributed by atoms with Gasteiger partial charge in [-0.05, 0) is 99.1 Å². The van der Waals surface area contributed by atoms with Crippen LogP contribution in [0.1, 0.15) is 30.9 Å². The number of thioether (sulfide) groups is 1. The van der Waals surface area contributed by atoms with E-state index in [-0.39, 0.29) is 11.7 Å².